The Hall–Kier alpha value is -0.920. The van der Waals surface area contributed by atoms with Crippen LogP contribution in [0.4, 0.5) is 8.78 Å². The molecule has 0 bridgehead atoms. The third-order valence-electron chi connectivity index (χ3n) is 3.98. The normalized spacial score (nSPS) is 24.6. The van der Waals surface area contributed by atoms with Crippen LogP contribution in [0.3, 0.4) is 0 Å². The van der Waals surface area contributed by atoms with Gasteiger partial charge < -0.3 is 0 Å². The van der Waals surface area contributed by atoms with E-state index >= 15 is 0 Å². The molecule has 1 saturated carbocycles. The van der Waals surface area contributed by atoms with Crippen LogP contribution in [-0.2, 0) is 5.41 Å². The Morgan fingerprint density at radius 3 is 2.25 bits per heavy atom. The lowest BCUT2D eigenvalue weighted by Crippen LogP contribution is -2.24. The van der Waals surface area contributed by atoms with Crippen LogP contribution < -0.4 is 0 Å². The highest BCUT2D eigenvalue weighted by molar-refractivity contribution is 5.30. The summed E-state index contributed by atoms with van der Waals surface area (Å²) in [7, 11) is 0. The molecule has 16 heavy (non-hydrogen) atoms. The predicted molar refractivity (Wildman–Crippen MR) is 61.3 cm³/mol. The van der Waals surface area contributed by atoms with Crippen molar-refractivity contribution in [2.45, 2.75) is 39.0 Å². The summed E-state index contributed by atoms with van der Waals surface area (Å²) in [6.45, 7) is 6.04. The quantitative estimate of drug-likeness (QED) is 0.718. The first-order valence-electron chi connectivity index (χ1n) is 5.93. The smallest absolute Gasteiger partial charge is 0.129 e. The van der Waals surface area contributed by atoms with E-state index in [4.69, 9.17) is 0 Å². The molecule has 0 spiro atoms. The number of hydrogen-bond acceptors (Lipinski definition) is 0. The van der Waals surface area contributed by atoms with Crippen LogP contribution in [0.25, 0.3) is 0 Å². The number of halogens is 2. The minimum atomic E-state index is -0.410. The van der Waals surface area contributed by atoms with Crippen molar-refractivity contribution in [1.82, 2.24) is 0 Å². The lowest BCUT2D eigenvalue weighted by Gasteiger charge is -2.26. The van der Waals surface area contributed by atoms with Gasteiger partial charge in [0.15, 0.2) is 0 Å². The molecule has 0 radical (unpaired) electrons. The number of rotatable bonds is 3. The van der Waals surface area contributed by atoms with Gasteiger partial charge in [-0.25, -0.2) is 8.78 Å². The number of hydrogen-bond donors (Lipinski definition) is 0. The van der Waals surface area contributed by atoms with Gasteiger partial charge in [0.2, 0.25) is 0 Å². The molecule has 1 aromatic carbocycles. The van der Waals surface area contributed by atoms with Gasteiger partial charge in [0.1, 0.15) is 11.6 Å². The summed E-state index contributed by atoms with van der Waals surface area (Å²) in [5, 5.41) is 0. The van der Waals surface area contributed by atoms with E-state index in [1.54, 1.807) is 0 Å². The van der Waals surface area contributed by atoms with Crippen molar-refractivity contribution in [3.05, 3.63) is 35.4 Å². The second kappa shape index (κ2) is 3.83. The molecule has 2 heteroatoms. The summed E-state index contributed by atoms with van der Waals surface area (Å²) < 4.78 is 27.5. The molecular weight excluding hydrogens is 206 g/mol. The van der Waals surface area contributed by atoms with Crippen molar-refractivity contribution in [1.29, 1.82) is 0 Å². The summed E-state index contributed by atoms with van der Waals surface area (Å²) in [5.74, 6) is 0.233. The minimum Gasteiger partial charge on any atom is -0.207 e. The third-order valence-corrected chi connectivity index (χ3v) is 3.98. The molecule has 1 aliphatic rings. The molecule has 0 saturated heterocycles. The molecule has 0 aliphatic heterocycles. The van der Waals surface area contributed by atoms with E-state index in [0.717, 1.165) is 12.8 Å². The Bertz CT molecular complexity index is 375. The monoisotopic (exact) mass is 224 g/mol. The number of benzene rings is 1. The Labute approximate surface area is 95.7 Å². The lowest BCUT2D eigenvalue weighted by atomic mass is 9.78. The van der Waals surface area contributed by atoms with Gasteiger partial charge in [0.05, 0.1) is 0 Å². The average Bonchev–Trinajstić information content (AvgIpc) is 2.96. The largest absolute Gasteiger partial charge is 0.207 e. The zero-order valence-corrected chi connectivity index (χ0v) is 10.1. The molecule has 1 aliphatic carbocycles. The Morgan fingerprint density at radius 1 is 1.25 bits per heavy atom. The van der Waals surface area contributed by atoms with Crippen LogP contribution >= 0.6 is 0 Å². The van der Waals surface area contributed by atoms with E-state index in [2.05, 4.69) is 6.92 Å². The first kappa shape index (κ1) is 11.6. The van der Waals surface area contributed by atoms with Crippen molar-refractivity contribution in [3.8, 4) is 0 Å². The molecule has 0 nitrogen and oxygen atoms in total. The van der Waals surface area contributed by atoms with Gasteiger partial charge in [0, 0.05) is 5.56 Å². The minimum absolute atomic E-state index is 0.260. The van der Waals surface area contributed by atoms with E-state index < -0.39 is 17.0 Å². The Balaban J connectivity index is 2.36. The van der Waals surface area contributed by atoms with Gasteiger partial charge in [0.25, 0.3) is 0 Å². The fraction of sp³-hybridized carbons (Fsp3) is 0.571. The summed E-state index contributed by atoms with van der Waals surface area (Å²) >= 11 is 0. The fourth-order valence-electron chi connectivity index (χ4n) is 2.88. The maximum Gasteiger partial charge on any atom is 0.129 e. The van der Waals surface area contributed by atoms with Crippen LogP contribution in [0.5, 0.6) is 0 Å². The second-order valence-electron chi connectivity index (χ2n) is 5.33. The molecule has 1 aromatic rings. The van der Waals surface area contributed by atoms with Gasteiger partial charge in [-0.2, -0.15) is 0 Å². The van der Waals surface area contributed by atoms with Gasteiger partial charge in [-0.1, -0.05) is 33.3 Å². The van der Waals surface area contributed by atoms with Gasteiger partial charge in [-0.15, -0.1) is 0 Å². The standard InChI is InChI=1S/C14H18F2/c1-4-9-8-10(9)14(2,3)13-11(15)6-5-7-12(13)16/h5-7,9-10H,4,8H2,1-3H3. The van der Waals surface area contributed by atoms with Crippen LogP contribution in [0.2, 0.25) is 0 Å². The first-order valence-corrected chi connectivity index (χ1v) is 5.93. The highest BCUT2D eigenvalue weighted by Crippen LogP contribution is 2.54. The van der Waals surface area contributed by atoms with E-state index in [-0.39, 0.29) is 5.56 Å². The van der Waals surface area contributed by atoms with Gasteiger partial charge in [-0.05, 0) is 35.8 Å². The van der Waals surface area contributed by atoms with E-state index in [9.17, 15) is 8.78 Å². The topological polar surface area (TPSA) is 0 Å². The van der Waals surface area contributed by atoms with Gasteiger partial charge >= 0.3 is 0 Å². The zero-order valence-electron chi connectivity index (χ0n) is 10.1. The molecule has 2 unspecified atom stereocenters. The molecule has 0 N–H and O–H groups in total. The molecule has 0 aromatic heterocycles. The summed E-state index contributed by atoms with van der Waals surface area (Å²) in [6, 6.07) is 4.13. The molecule has 2 atom stereocenters. The highest BCUT2D eigenvalue weighted by Gasteiger charge is 2.48. The Morgan fingerprint density at radius 2 is 1.81 bits per heavy atom. The lowest BCUT2D eigenvalue weighted by molar-refractivity contribution is 0.380. The second-order valence-corrected chi connectivity index (χ2v) is 5.33. The zero-order chi connectivity index (χ0) is 11.9. The average molecular weight is 224 g/mol. The molecule has 0 amide bonds. The highest BCUT2D eigenvalue weighted by atomic mass is 19.1. The van der Waals surface area contributed by atoms with Crippen molar-refractivity contribution in [2.24, 2.45) is 11.8 Å². The van der Waals surface area contributed by atoms with Crippen molar-refractivity contribution < 1.29 is 8.78 Å². The maximum atomic E-state index is 13.7. The summed E-state index contributed by atoms with van der Waals surface area (Å²) in [6.07, 6.45) is 2.20. The van der Waals surface area contributed by atoms with Gasteiger partial charge in [-0.3, -0.25) is 0 Å². The van der Waals surface area contributed by atoms with E-state index in [1.165, 1.54) is 18.2 Å². The van der Waals surface area contributed by atoms with Crippen molar-refractivity contribution in [2.75, 3.05) is 0 Å². The molecule has 1 fully saturated rings. The molecule has 88 valence electrons. The molecule has 2 rings (SSSR count). The third kappa shape index (κ3) is 1.74. The van der Waals surface area contributed by atoms with Crippen molar-refractivity contribution in [3.63, 3.8) is 0 Å². The van der Waals surface area contributed by atoms with Crippen LogP contribution in [0.15, 0.2) is 18.2 Å². The van der Waals surface area contributed by atoms with Crippen LogP contribution in [-0.4, -0.2) is 0 Å². The predicted octanol–water partition coefficient (Wildman–Crippen LogP) is 4.29. The fourth-order valence-corrected chi connectivity index (χ4v) is 2.88. The summed E-state index contributed by atoms with van der Waals surface area (Å²) in [4.78, 5) is 0. The van der Waals surface area contributed by atoms with Crippen molar-refractivity contribution >= 4 is 0 Å². The first-order chi connectivity index (χ1) is 7.48. The van der Waals surface area contributed by atoms with E-state index in [0.29, 0.717) is 11.8 Å². The molecule has 0 heterocycles. The Kier molecular flexibility index (Phi) is 2.77. The maximum absolute atomic E-state index is 13.7. The molecular formula is C14H18F2. The van der Waals surface area contributed by atoms with Crippen LogP contribution in [0.1, 0.15) is 39.2 Å². The van der Waals surface area contributed by atoms with Crippen LogP contribution in [0, 0.1) is 23.5 Å². The van der Waals surface area contributed by atoms with E-state index in [1.807, 2.05) is 13.8 Å². The summed E-state index contributed by atoms with van der Waals surface area (Å²) in [5.41, 5.74) is -0.133. The SMILES string of the molecule is CCC1CC1C(C)(C)c1c(F)cccc1F.